The van der Waals surface area contributed by atoms with Gasteiger partial charge in [0, 0.05) is 4.47 Å². The Balaban J connectivity index is 2.18. The van der Waals surface area contributed by atoms with Gasteiger partial charge in [-0.1, -0.05) is 22.0 Å². The van der Waals surface area contributed by atoms with Crippen LogP contribution in [0.25, 0.3) is 0 Å². The van der Waals surface area contributed by atoms with E-state index in [1.165, 1.54) is 17.3 Å². The number of fused-ring (bicyclic) bond motifs is 3. The van der Waals surface area contributed by atoms with E-state index in [0.717, 1.165) is 11.8 Å². The van der Waals surface area contributed by atoms with Crippen molar-refractivity contribution in [3.05, 3.63) is 33.8 Å². The quantitative estimate of drug-likeness (QED) is 0.615. The maximum absolute atomic E-state index is 3.50. The molecule has 0 aliphatic heterocycles. The highest BCUT2D eigenvalue weighted by Crippen LogP contribution is 2.56. The number of halogens is 1. The van der Waals surface area contributed by atoms with Crippen molar-refractivity contribution in [3.8, 4) is 0 Å². The second kappa shape index (κ2) is 1.89. The van der Waals surface area contributed by atoms with E-state index in [-0.39, 0.29) is 0 Å². The van der Waals surface area contributed by atoms with Gasteiger partial charge in [0.05, 0.1) is 0 Å². The van der Waals surface area contributed by atoms with E-state index in [1.54, 1.807) is 11.1 Å². The Morgan fingerprint density at radius 3 is 3.18 bits per heavy atom. The molecule has 0 radical (unpaired) electrons. The Hall–Kier alpha value is -0.300. The van der Waals surface area contributed by atoms with Crippen LogP contribution in [0, 0.1) is 5.92 Å². The predicted octanol–water partition coefficient (Wildman–Crippen LogP) is 3.11. The van der Waals surface area contributed by atoms with Crippen LogP contribution in [0.2, 0.25) is 0 Å². The van der Waals surface area contributed by atoms with Gasteiger partial charge in [0.1, 0.15) is 0 Å². The Morgan fingerprint density at radius 1 is 1.36 bits per heavy atom. The van der Waals surface area contributed by atoms with Crippen LogP contribution >= 0.6 is 15.9 Å². The summed E-state index contributed by atoms with van der Waals surface area (Å²) in [7, 11) is 0. The van der Waals surface area contributed by atoms with Gasteiger partial charge in [0.15, 0.2) is 0 Å². The molecule has 0 aromatic heterocycles. The number of benzene rings is 1. The number of hydrogen-bond donors (Lipinski definition) is 0. The van der Waals surface area contributed by atoms with E-state index in [9.17, 15) is 0 Å². The van der Waals surface area contributed by atoms with Crippen molar-refractivity contribution in [2.45, 2.75) is 18.8 Å². The molecular formula is C10H9Br. The summed E-state index contributed by atoms with van der Waals surface area (Å²) in [6, 6.07) is 6.73. The first-order valence-corrected chi connectivity index (χ1v) is 4.92. The zero-order chi connectivity index (χ0) is 7.42. The standard InChI is InChI=1S/C10H9Br/c11-8-1-2-9-6(4-8)3-7-5-10(7)9/h1-2,4,7,10H,3,5H2. The highest BCUT2D eigenvalue weighted by atomic mass is 79.9. The van der Waals surface area contributed by atoms with Gasteiger partial charge in [-0.25, -0.2) is 0 Å². The van der Waals surface area contributed by atoms with Gasteiger partial charge in [-0.15, -0.1) is 0 Å². The molecule has 0 spiro atoms. The van der Waals surface area contributed by atoms with E-state index < -0.39 is 0 Å². The van der Waals surface area contributed by atoms with E-state index in [1.807, 2.05) is 0 Å². The van der Waals surface area contributed by atoms with E-state index in [0.29, 0.717) is 0 Å². The fourth-order valence-electron chi connectivity index (χ4n) is 2.25. The molecule has 0 saturated heterocycles. The number of rotatable bonds is 0. The molecule has 0 amide bonds. The lowest BCUT2D eigenvalue weighted by Crippen LogP contribution is -1.84. The largest absolute Gasteiger partial charge is 0.0574 e. The SMILES string of the molecule is Brc1ccc2c(c1)CC1CC21. The van der Waals surface area contributed by atoms with E-state index >= 15 is 0 Å². The second-order valence-corrected chi connectivity index (χ2v) is 4.57. The van der Waals surface area contributed by atoms with Crippen LogP contribution in [0.1, 0.15) is 23.5 Å². The molecule has 1 saturated carbocycles. The molecule has 0 nitrogen and oxygen atoms in total. The molecule has 2 aliphatic carbocycles. The minimum absolute atomic E-state index is 0.943. The Morgan fingerprint density at radius 2 is 2.27 bits per heavy atom. The van der Waals surface area contributed by atoms with Gasteiger partial charge in [-0.3, -0.25) is 0 Å². The van der Waals surface area contributed by atoms with Crippen LogP contribution in [-0.4, -0.2) is 0 Å². The van der Waals surface area contributed by atoms with Crippen LogP contribution in [0.3, 0.4) is 0 Å². The van der Waals surface area contributed by atoms with Crippen LogP contribution in [0.15, 0.2) is 22.7 Å². The second-order valence-electron chi connectivity index (χ2n) is 3.65. The summed E-state index contributed by atoms with van der Waals surface area (Å²) in [5, 5.41) is 0. The van der Waals surface area contributed by atoms with Crippen LogP contribution < -0.4 is 0 Å². The Labute approximate surface area is 74.7 Å². The zero-order valence-electron chi connectivity index (χ0n) is 6.18. The van der Waals surface area contributed by atoms with Gasteiger partial charge >= 0.3 is 0 Å². The fraction of sp³-hybridized carbons (Fsp3) is 0.400. The summed E-state index contributed by atoms with van der Waals surface area (Å²) >= 11 is 3.50. The first-order chi connectivity index (χ1) is 5.34. The first kappa shape index (κ1) is 6.24. The minimum atomic E-state index is 0.943. The average molecular weight is 209 g/mol. The third-order valence-electron chi connectivity index (χ3n) is 2.91. The molecule has 0 N–H and O–H groups in total. The van der Waals surface area contributed by atoms with Gasteiger partial charge in [0.25, 0.3) is 0 Å². The highest BCUT2D eigenvalue weighted by molar-refractivity contribution is 9.10. The average Bonchev–Trinajstić information content (AvgIpc) is 2.63. The highest BCUT2D eigenvalue weighted by Gasteiger charge is 2.44. The van der Waals surface area contributed by atoms with Crippen molar-refractivity contribution in [2.24, 2.45) is 5.92 Å². The zero-order valence-corrected chi connectivity index (χ0v) is 7.76. The summed E-state index contributed by atoms with van der Waals surface area (Å²) in [4.78, 5) is 0. The number of hydrogen-bond acceptors (Lipinski definition) is 0. The fourth-order valence-corrected chi connectivity index (χ4v) is 2.66. The van der Waals surface area contributed by atoms with Crippen LogP contribution in [0.5, 0.6) is 0 Å². The Kier molecular flexibility index (Phi) is 1.07. The van der Waals surface area contributed by atoms with Crippen molar-refractivity contribution >= 4 is 15.9 Å². The molecule has 1 aromatic carbocycles. The first-order valence-electron chi connectivity index (χ1n) is 4.13. The van der Waals surface area contributed by atoms with Gasteiger partial charge in [-0.05, 0) is 47.9 Å². The minimum Gasteiger partial charge on any atom is -0.0574 e. The smallest absolute Gasteiger partial charge is 0.0178 e. The predicted molar refractivity (Wildman–Crippen MR) is 48.7 cm³/mol. The molecule has 3 rings (SSSR count). The lowest BCUT2D eigenvalue weighted by Gasteiger charge is -2.01. The maximum Gasteiger partial charge on any atom is 0.0178 e. The maximum atomic E-state index is 3.50. The van der Waals surface area contributed by atoms with E-state index in [2.05, 4.69) is 34.1 Å². The summed E-state index contributed by atoms with van der Waals surface area (Å²) in [5.41, 5.74) is 3.21. The van der Waals surface area contributed by atoms with Crippen LogP contribution in [-0.2, 0) is 6.42 Å². The summed E-state index contributed by atoms with van der Waals surface area (Å²) in [6.45, 7) is 0. The van der Waals surface area contributed by atoms with Crippen molar-refractivity contribution in [1.29, 1.82) is 0 Å². The molecular weight excluding hydrogens is 200 g/mol. The van der Waals surface area contributed by atoms with Crippen LogP contribution in [0.4, 0.5) is 0 Å². The normalized spacial score (nSPS) is 31.4. The van der Waals surface area contributed by atoms with Gasteiger partial charge in [-0.2, -0.15) is 0 Å². The molecule has 0 heterocycles. The molecule has 2 atom stereocenters. The molecule has 11 heavy (non-hydrogen) atoms. The Bertz CT molecular complexity index is 317. The van der Waals surface area contributed by atoms with Crippen molar-refractivity contribution in [3.63, 3.8) is 0 Å². The molecule has 56 valence electrons. The monoisotopic (exact) mass is 208 g/mol. The molecule has 1 fully saturated rings. The molecule has 2 aliphatic rings. The topological polar surface area (TPSA) is 0 Å². The van der Waals surface area contributed by atoms with E-state index in [4.69, 9.17) is 0 Å². The summed E-state index contributed by atoms with van der Waals surface area (Å²) < 4.78 is 1.23. The molecule has 2 unspecified atom stereocenters. The van der Waals surface area contributed by atoms with Crippen molar-refractivity contribution in [1.82, 2.24) is 0 Å². The van der Waals surface area contributed by atoms with Gasteiger partial charge < -0.3 is 0 Å². The molecule has 1 aromatic rings. The van der Waals surface area contributed by atoms with Crippen molar-refractivity contribution in [2.75, 3.05) is 0 Å². The lowest BCUT2D eigenvalue weighted by atomic mass is 10.1. The summed E-state index contributed by atoms with van der Waals surface area (Å²) in [5.74, 6) is 1.96. The lowest BCUT2D eigenvalue weighted by molar-refractivity contribution is 0.856. The van der Waals surface area contributed by atoms with Crippen molar-refractivity contribution < 1.29 is 0 Å². The molecule has 1 heteroatoms. The van der Waals surface area contributed by atoms with Gasteiger partial charge in [0.2, 0.25) is 0 Å². The molecule has 0 bridgehead atoms. The third-order valence-corrected chi connectivity index (χ3v) is 3.40. The summed E-state index contributed by atoms with van der Waals surface area (Å²) in [6.07, 6.45) is 2.79. The third kappa shape index (κ3) is 0.807.